The lowest BCUT2D eigenvalue weighted by atomic mass is 10.1. The van der Waals surface area contributed by atoms with Gasteiger partial charge in [-0.25, -0.2) is 4.79 Å². The average Bonchev–Trinajstić information content (AvgIpc) is 3.08. The number of quaternary nitrogens is 1. The number of nitrogens with one attached hydrogen (secondary N) is 2. The smallest absolute Gasteiger partial charge is 0.359 e. The zero-order valence-electron chi connectivity index (χ0n) is 11.2. The fourth-order valence-corrected chi connectivity index (χ4v) is 5.25. The van der Waals surface area contributed by atoms with Crippen molar-refractivity contribution in [2.24, 2.45) is 0 Å². The predicted molar refractivity (Wildman–Crippen MR) is 92.9 cm³/mol. The van der Waals surface area contributed by atoms with Gasteiger partial charge in [-0.15, -0.1) is 12.6 Å². The Morgan fingerprint density at radius 2 is 1.81 bits per heavy atom. The van der Waals surface area contributed by atoms with Crippen molar-refractivity contribution in [1.29, 1.82) is 0 Å². The first-order valence-electron chi connectivity index (χ1n) is 6.63. The Morgan fingerprint density at radius 3 is 2.33 bits per heavy atom. The summed E-state index contributed by atoms with van der Waals surface area (Å²) in [6.07, 6.45) is 0. The summed E-state index contributed by atoms with van der Waals surface area (Å²) < 4.78 is 0.339. The van der Waals surface area contributed by atoms with E-state index in [1.165, 1.54) is 0 Å². The molecule has 1 spiro atoms. The summed E-state index contributed by atoms with van der Waals surface area (Å²) in [4.78, 5) is 11.4. The molecule has 0 radical (unpaired) electrons. The van der Waals surface area contributed by atoms with Crippen molar-refractivity contribution >= 4 is 49.5 Å². The van der Waals surface area contributed by atoms with Gasteiger partial charge in [0.25, 0.3) is 0 Å². The maximum absolute atomic E-state index is 11.4. The summed E-state index contributed by atoms with van der Waals surface area (Å²) in [5.41, 5.74) is 0.355. The number of para-hydroxylation sites is 1. The van der Waals surface area contributed by atoms with Crippen LogP contribution in [0.4, 0.5) is 5.69 Å². The molecule has 0 aliphatic carbocycles. The quantitative estimate of drug-likeness (QED) is 0.278. The van der Waals surface area contributed by atoms with Crippen LogP contribution in [0.1, 0.15) is 0 Å². The van der Waals surface area contributed by atoms with Crippen molar-refractivity contribution in [2.75, 3.05) is 13.1 Å². The molecule has 2 heterocycles. The van der Waals surface area contributed by atoms with Crippen LogP contribution in [0, 0.1) is 0 Å². The van der Waals surface area contributed by atoms with E-state index in [1.54, 1.807) is 0 Å². The number of carboxylic acids is 1. The molecule has 0 bridgehead atoms. The van der Waals surface area contributed by atoms with Crippen LogP contribution in [-0.4, -0.2) is 45.9 Å². The van der Waals surface area contributed by atoms with Gasteiger partial charge in [-0.05, 0) is 12.1 Å². The van der Waals surface area contributed by atoms with E-state index in [-0.39, 0.29) is 22.8 Å². The summed E-state index contributed by atoms with van der Waals surface area (Å²) in [5, 5.41) is 15.4. The fraction of sp³-hybridized carbons (Fsp3) is 0.462. The van der Waals surface area contributed by atoms with Gasteiger partial charge in [-0.1, -0.05) is 18.2 Å². The Morgan fingerprint density at radius 1 is 1.24 bits per heavy atom. The van der Waals surface area contributed by atoms with Gasteiger partial charge in [-0.3, -0.25) is 15.1 Å². The summed E-state index contributed by atoms with van der Waals surface area (Å²) in [5.74, 6) is -0.829. The molecular weight excluding hydrogens is 326 g/mol. The van der Waals surface area contributed by atoms with E-state index in [0.717, 1.165) is 5.69 Å². The van der Waals surface area contributed by atoms with Gasteiger partial charge in [0.15, 0.2) is 6.54 Å². The third-order valence-corrected chi connectivity index (χ3v) is 5.94. The summed E-state index contributed by atoms with van der Waals surface area (Å²) in [7, 11) is 0. The van der Waals surface area contributed by atoms with Gasteiger partial charge in [0.1, 0.15) is 28.5 Å². The van der Waals surface area contributed by atoms with E-state index < -0.39 is 11.5 Å². The molecule has 3 atom stereocenters. The number of nitrogens with zero attached hydrogens (tertiary/aromatic N) is 1. The van der Waals surface area contributed by atoms with Gasteiger partial charge in [0.2, 0.25) is 5.54 Å². The van der Waals surface area contributed by atoms with Crippen molar-refractivity contribution in [1.82, 2.24) is 15.1 Å². The van der Waals surface area contributed by atoms with Crippen molar-refractivity contribution < 1.29 is 9.90 Å². The van der Waals surface area contributed by atoms with Crippen molar-refractivity contribution in [3.8, 4) is 0 Å². The zero-order chi connectivity index (χ0) is 15.3. The van der Waals surface area contributed by atoms with Gasteiger partial charge in [-0.2, -0.15) is 25.3 Å². The molecule has 0 amide bonds. The second kappa shape index (κ2) is 5.36. The molecule has 0 saturated carbocycles. The topological polar surface area (TPSA) is 61.4 Å². The number of thiol groups is 3. The molecule has 3 rings (SSSR count). The average molecular weight is 345 g/mol. The van der Waals surface area contributed by atoms with E-state index in [1.807, 2.05) is 30.3 Å². The number of rotatable bonds is 3. The maximum atomic E-state index is 11.4. The Bertz CT molecular complexity index is 547. The number of carboxylic acid groups (broad SMARTS) is 1. The van der Waals surface area contributed by atoms with Crippen molar-refractivity contribution in [3.63, 3.8) is 0 Å². The fourth-order valence-electron chi connectivity index (χ4n) is 3.39. The third-order valence-electron chi connectivity index (χ3n) is 4.45. The highest BCUT2D eigenvalue weighted by Crippen LogP contribution is 2.54. The second-order valence-electron chi connectivity index (χ2n) is 5.55. The highest BCUT2D eigenvalue weighted by molar-refractivity contribution is 7.83. The van der Waals surface area contributed by atoms with Crippen LogP contribution in [0.15, 0.2) is 30.3 Å². The highest BCUT2D eigenvalue weighted by atomic mass is 32.1. The van der Waals surface area contributed by atoms with Crippen molar-refractivity contribution in [3.05, 3.63) is 30.3 Å². The van der Waals surface area contributed by atoms with Gasteiger partial charge < -0.3 is 5.11 Å². The Balaban J connectivity index is 2.03. The first kappa shape index (κ1) is 15.5. The van der Waals surface area contributed by atoms with E-state index in [9.17, 15) is 9.90 Å². The monoisotopic (exact) mass is 344 g/mol. The number of hydrogen-bond donors (Lipinski definition) is 6. The second-order valence-corrected chi connectivity index (χ2v) is 7.09. The molecule has 5 nitrogen and oxygen atoms in total. The van der Waals surface area contributed by atoms with Crippen LogP contribution in [0.5, 0.6) is 0 Å². The Kier molecular flexibility index (Phi) is 3.96. The standard InChI is InChI=1S/C13H17N3O2S3/c17-9(18)6-16(8-4-2-1-3-5-8)7-13(16)10(19)14-12(21)15-11(13)20/h1-5,10-12,14-15H,6-7H2,(H3-,17,18,19,20,21)/p+1. The number of carbonyl (C=O) groups is 1. The third kappa shape index (κ3) is 2.29. The Labute approximate surface area is 139 Å². The molecule has 114 valence electrons. The van der Waals surface area contributed by atoms with E-state index >= 15 is 0 Å². The van der Waals surface area contributed by atoms with Crippen LogP contribution in [0.2, 0.25) is 0 Å². The van der Waals surface area contributed by atoms with Crippen LogP contribution in [0.3, 0.4) is 0 Å². The van der Waals surface area contributed by atoms with Gasteiger partial charge >= 0.3 is 5.97 Å². The minimum Gasteiger partial charge on any atom is -0.477 e. The molecule has 2 aliphatic rings. The van der Waals surface area contributed by atoms with Crippen LogP contribution in [-0.2, 0) is 4.79 Å². The maximum Gasteiger partial charge on any atom is 0.359 e. The largest absolute Gasteiger partial charge is 0.477 e. The molecule has 1 aromatic rings. The van der Waals surface area contributed by atoms with Crippen LogP contribution in [0.25, 0.3) is 0 Å². The van der Waals surface area contributed by atoms with E-state index in [2.05, 4.69) is 48.5 Å². The van der Waals surface area contributed by atoms with Crippen LogP contribution >= 0.6 is 37.9 Å². The summed E-state index contributed by atoms with van der Waals surface area (Å²) >= 11 is 13.7. The molecule has 3 N–H and O–H groups in total. The van der Waals surface area contributed by atoms with Crippen LogP contribution < -0.4 is 15.1 Å². The molecule has 2 saturated heterocycles. The first-order chi connectivity index (χ1) is 9.92. The summed E-state index contributed by atoms with van der Waals surface area (Å²) in [6, 6.07) is 9.70. The molecule has 8 heteroatoms. The van der Waals surface area contributed by atoms with Crippen molar-refractivity contribution in [2.45, 2.75) is 21.8 Å². The molecular formula is C13H18N3O2S3+. The first-order valence-corrected chi connectivity index (χ1v) is 8.18. The Hall–Kier alpha value is -0.380. The lowest BCUT2D eigenvalue weighted by Gasteiger charge is -2.39. The number of benzene rings is 1. The summed E-state index contributed by atoms with van der Waals surface area (Å²) in [6.45, 7) is 0.685. The molecule has 21 heavy (non-hydrogen) atoms. The highest BCUT2D eigenvalue weighted by Gasteiger charge is 2.78. The SMILES string of the molecule is O=C(O)C[N+]1(c2ccccc2)CC12C(S)NC(S)NC2S. The van der Waals surface area contributed by atoms with Gasteiger partial charge in [0.05, 0.1) is 0 Å². The zero-order valence-corrected chi connectivity index (χ0v) is 13.9. The van der Waals surface area contributed by atoms with E-state index in [4.69, 9.17) is 0 Å². The molecule has 3 unspecified atom stereocenters. The number of hydrogen-bond acceptors (Lipinski definition) is 6. The molecule has 2 aliphatic heterocycles. The normalized spacial score (nSPS) is 42.0. The minimum atomic E-state index is -0.829. The molecule has 1 aromatic carbocycles. The van der Waals surface area contributed by atoms with Gasteiger partial charge in [0, 0.05) is 0 Å². The lowest BCUT2D eigenvalue weighted by molar-refractivity contribution is -0.137. The number of aliphatic carboxylic acids is 1. The molecule has 0 aromatic heterocycles. The lowest BCUT2D eigenvalue weighted by Crippen LogP contribution is -2.67. The minimum absolute atomic E-state index is 0.0126. The van der Waals surface area contributed by atoms with E-state index in [0.29, 0.717) is 11.0 Å². The predicted octanol–water partition coefficient (Wildman–Crippen LogP) is 0.749. The molecule has 2 fully saturated rings.